The summed E-state index contributed by atoms with van der Waals surface area (Å²) in [5, 5.41) is 12.0. The third-order valence-corrected chi connectivity index (χ3v) is 6.93. The number of unbranched alkanes of at least 4 members (excludes halogenated alkanes) is 2. The van der Waals surface area contributed by atoms with E-state index in [1.165, 1.54) is 4.70 Å². The molecule has 0 bridgehead atoms. The molecule has 192 valence electrons. The summed E-state index contributed by atoms with van der Waals surface area (Å²) in [6.45, 7) is 1.01. The summed E-state index contributed by atoms with van der Waals surface area (Å²) in [5.41, 5.74) is 13.4. The first kappa shape index (κ1) is 27.3. The lowest BCUT2D eigenvalue weighted by Gasteiger charge is -2.18. The first-order chi connectivity index (χ1) is 17.4. The molecule has 0 aliphatic carbocycles. The Hall–Kier alpha value is -3.27. The Morgan fingerprint density at radius 2 is 1.56 bits per heavy atom. The summed E-state index contributed by atoms with van der Waals surface area (Å²) >= 11 is 1.67. The largest absolute Gasteiger partial charge is 0.368 e. The molecule has 7 N–H and O–H groups in total. The van der Waals surface area contributed by atoms with Crippen LogP contribution >= 0.6 is 11.3 Å². The second-order valence-electron chi connectivity index (χ2n) is 8.80. The van der Waals surface area contributed by atoms with Gasteiger partial charge in [-0.25, -0.2) is 0 Å². The Labute approximate surface area is 215 Å². The molecule has 0 fully saturated rings. The van der Waals surface area contributed by atoms with Crippen molar-refractivity contribution in [3.8, 4) is 0 Å². The summed E-state index contributed by atoms with van der Waals surface area (Å²) < 4.78 is 1.20. The van der Waals surface area contributed by atoms with Gasteiger partial charge in [-0.15, -0.1) is 11.3 Å². The molecule has 0 aliphatic rings. The van der Waals surface area contributed by atoms with Gasteiger partial charge in [0.15, 0.2) is 0 Å². The van der Waals surface area contributed by atoms with Crippen molar-refractivity contribution in [1.82, 2.24) is 16.0 Å². The fourth-order valence-corrected chi connectivity index (χ4v) is 4.95. The number of primary amides is 1. The Bertz CT molecular complexity index is 1130. The number of rotatable bonds is 15. The number of fused-ring (bicyclic) bond motifs is 1. The van der Waals surface area contributed by atoms with Crippen molar-refractivity contribution in [2.24, 2.45) is 11.5 Å². The highest BCUT2D eigenvalue weighted by molar-refractivity contribution is 7.17. The van der Waals surface area contributed by atoms with E-state index in [1.807, 2.05) is 42.5 Å². The minimum absolute atomic E-state index is 0.141. The Kier molecular flexibility index (Phi) is 10.9. The van der Waals surface area contributed by atoms with Gasteiger partial charge in [-0.3, -0.25) is 14.4 Å². The molecule has 0 unspecified atom stereocenters. The number of thiophene rings is 1. The van der Waals surface area contributed by atoms with Gasteiger partial charge in [0.2, 0.25) is 17.7 Å². The van der Waals surface area contributed by atoms with Gasteiger partial charge in [0.1, 0.15) is 0 Å². The molecular formula is C27H35N5O3S. The molecule has 3 rings (SSSR count). The Morgan fingerprint density at radius 1 is 0.833 bits per heavy atom. The fraction of sp³-hybridized carbons (Fsp3) is 0.370. The highest BCUT2D eigenvalue weighted by atomic mass is 32.1. The number of hydrogen-bond acceptors (Lipinski definition) is 6. The second kappa shape index (κ2) is 14.3. The van der Waals surface area contributed by atoms with E-state index < -0.39 is 18.0 Å². The van der Waals surface area contributed by atoms with Crippen LogP contribution in [0.25, 0.3) is 10.1 Å². The van der Waals surface area contributed by atoms with Gasteiger partial charge in [0.05, 0.1) is 18.6 Å². The molecule has 2 aromatic carbocycles. The van der Waals surface area contributed by atoms with E-state index in [4.69, 9.17) is 11.5 Å². The van der Waals surface area contributed by atoms with Crippen molar-refractivity contribution < 1.29 is 14.4 Å². The molecule has 0 saturated heterocycles. The fourth-order valence-electron chi connectivity index (χ4n) is 3.97. The maximum atomic E-state index is 12.5. The normalized spacial score (nSPS) is 12.7. The van der Waals surface area contributed by atoms with E-state index in [-0.39, 0.29) is 18.4 Å². The zero-order valence-electron chi connectivity index (χ0n) is 20.4. The summed E-state index contributed by atoms with van der Waals surface area (Å²) in [5.74, 6) is -0.970. The predicted octanol–water partition coefficient (Wildman–Crippen LogP) is 1.86. The van der Waals surface area contributed by atoms with Crippen molar-refractivity contribution in [3.05, 3.63) is 71.1 Å². The van der Waals surface area contributed by atoms with Crippen LogP contribution in [-0.2, 0) is 27.2 Å². The summed E-state index contributed by atoms with van der Waals surface area (Å²) in [4.78, 5) is 35.9. The Morgan fingerprint density at radius 3 is 2.33 bits per heavy atom. The van der Waals surface area contributed by atoms with Crippen LogP contribution in [0.2, 0.25) is 0 Å². The summed E-state index contributed by atoms with van der Waals surface area (Å²) in [6.07, 6.45) is 3.58. The van der Waals surface area contributed by atoms with Crippen LogP contribution in [0.3, 0.4) is 0 Å². The van der Waals surface area contributed by atoms with Gasteiger partial charge in [-0.05, 0) is 60.2 Å². The first-order valence-electron chi connectivity index (χ1n) is 12.3. The topological polar surface area (TPSA) is 139 Å². The average Bonchev–Trinajstić information content (AvgIpc) is 3.29. The highest BCUT2D eigenvalue weighted by Gasteiger charge is 2.19. The number of amides is 3. The van der Waals surface area contributed by atoms with Crippen molar-refractivity contribution >= 4 is 39.1 Å². The SMILES string of the molecule is NC(=O)CNC(=O)[C@H](Cc1ccccc1)NCCCCCNC(=O)[C@H](N)Cc1csc2ccccc12. The lowest BCUT2D eigenvalue weighted by atomic mass is 10.0. The second-order valence-corrected chi connectivity index (χ2v) is 9.71. The number of nitrogens with one attached hydrogen (secondary N) is 3. The standard InChI is InChI=1S/C27H35N5O3S/c28-22(16-20-18-36-24-12-6-5-11-21(20)24)26(34)31-14-8-2-7-13-30-23(27(35)32-17-25(29)33)15-19-9-3-1-4-10-19/h1,3-6,9-12,18,22-23,30H,2,7-8,13-17,28H2,(H2,29,33)(H,31,34)(H,32,35)/t22-,23+/m1/s1. The van der Waals surface area contributed by atoms with Gasteiger partial charge in [0, 0.05) is 11.2 Å². The van der Waals surface area contributed by atoms with Crippen LogP contribution in [0.5, 0.6) is 0 Å². The number of nitrogens with two attached hydrogens (primary N) is 2. The third-order valence-electron chi connectivity index (χ3n) is 5.92. The van der Waals surface area contributed by atoms with E-state index in [2.05, 4.69) is 33.5 Å². The zero-order valence-corrected chi connectivity index (χ0v) is 21.2. The monoisotopic (exact) mass is 509 g/mol. The molecule has 0 saturated carbocycles. The maximum absolute atomic E-state index is 12.5. The molecule has 3 amide bonds. The highest BCUT2D eigenvalue weighted by Crippen LogP contribution is 2.26. The number of carbonyl (C=O) groups excluding carboxylic acids is 3. The van der Waals surface area contributed by atoms with Crippen molar-refractivity contribution in [2.75, 3.05) is 19.6 Å². The minimum atomic E-state index is -0.581. The van der Waals surface area contributed by atoms with Crippen LogP contribution in [0.1, 0.15) is 30.4 Å². The molecule has 1 heterocycles. The van der Waals surface area contributed by atoms with Gasteiger partial charge in [0.25, 0.3) is 0 Å². The molecule has 0 aliphatic heterocycles. The van der Waals surface area contributed by atoms with Crippen LogP contribution in [0, 0.1) is 0 Å². The van der Waals surface area contributed by atoms with Crippen LogP contribution in [0.15, 0.2) is 60.0 Å². The molecule has 36 heavy (non-hydrogen) atoms. The van der Waals surface area contributed by atoms with E-state index in [9.17, 15) is 14.4 Å². The lowest BCUT2D eigenvalue weighted by molar-refractivity contribution is -0.126. The quantitative estimate of drug-likeness (QED) is 0.199. The van der Waals surface area contributed by atoms with Crippen molar-refractivity contribution in [3.63, 3.8) is 0 Å². The molecule has 2 atom stereocenters. The molecule has 8 nitrogen and oxygen atoms in total. The maximum Gasteiger partial charge on any atom is 0.237 e. The van der Waals surface area contributed by atoms with Crippen LogP contribution in [0.4, 0.5) is 0 Å². The summed E-state index contributed by atoms with van der Waals surface area (Å²) in [6, 6.07) is 16.8. The van der Waals surface area contributed by atoms with E-state index in [1.54, 1.807) is 11.3 Å². The minimum Gasteiger partial charge on any atom is -0.368 e. The van der Waals surface area contributed by atoms with Crippen molar-refractivity contribution in [1.29, 1.82) is 0 Å². The van der Waals surface area contributed by atoms with E-state index in [0.29, 0.717) is 25.9 Å². The van der Waals surface area contributed by atoms with Gasteiger partial charge >= 0.3 is 0 Å². The number of hydrogen-bond donors (Lipinski definition) is 5. The molecule has 3 aromatic rings. The lowest BCUT2D eigenvalue weighted by Crippen LogP contribution is -2.48. The van der Waals surface area contributed by atoms with E-state index in [0.717, 1.165) is 35.8 Å². The van der Waals surface area contributed by atoms with Crippen molar-refractivity contribution in [2.45, 2.75) is 44.2 Å². The van der Waals surface area contributed by atoms with Gasteiger partial charge < -0.3 is 27.4 Å². The average molecular weight is 510 g/mol. The molecule has 9 heteroatoms. The molecular weight excluding hydrogens is 474 g/mol. The zero-order chi connectivity index (χ0) is 25.8. The molecule has 1 aromatic heterocycles. The molecule has 0 spiro atoms. The number of benzene rings is 2. The van der Waals surface area contributed by atoms with Crippen LogP contribution < -0.4 is 27.4 Å². The third kappa shape index (κ3) is 8.75. The van der Waals surface area contributed by atoms with Gasteiger partial charge in [-0.1, -0.05) is 55.0 Å². The predicted molar refractivity (Wildman–Crippen MR) is 145 cm³/mol. The number of carbonyl (C=O) groups is 3. The van der Waals surface area contributed by atoms with Gasteiger partial charge in [-0.2, -0.15) is 0 Å². The summed E-state index contributed by atoms with van der Waals surface area (Å²) in [7, 11) is 0. The Balaban J connectivity index is 1.34. The molecule has 0 radical (unpaired) electrons. The van der Waals surface area contributed by atoms with E-state index >= 15 is 0 Å². The van der Waals surface area contributed by atoms with Crippen LogP contribution in [-0.4, -0.2) is 49.4 Å². The smallest absolute Gasteiger partial charge is 0.237 e. The first-order valence-corrected chi connectivity index (χ1v) is 13.1.